The molecule has 0 saturated heterocycles. The van der Waals surface area contributed by atoms with Crippen LogP contribution in [-0.2, 0) is 13.5 Å². The number of aromatic carboxylic acids is 1. The molecule has 2 rings (SSSR count). The largest absolute Gasteiger partial charge is 0.476 e. The molecule has 0 aliphatic heterocycles. The quantitative estimate of drug-likeness (QED) is 0.782. The summed E-state index contributed by atoms with van der Waals surface area (Å²) < 4.78 is 1.60. The molecule has 0 unspecified atom stereocenters. The first-order chi connectivity index (χ1) is 10.4. The van der Waals surface area contributed by atoms with Gasteiger partial charge in [-0.2, -0.15) is 0 Å². The standard InChI is InChI=1S/C14H15N3O4S/c1-8(18)9-5-11(17(2)6-9)13(19)15-4-3-12-16-10(7-22-12)14(20)21/h5-7H,3-4H2,1-2H3,(H,15,19)(H,20,21). The Morgan fingerprint density at radius 1 is 1.41 bits per heavy atom. The lowest BCUT2D eigenvalue weighted by Crippen LogP contribution is -2.27. The topological polar surface area (TPSA) is 101 Å². The van der Waals surface area contributed by atoms with Crippen molar-refractivity contribution in [2.45, 2.75) is 13.3 Å². The van der Waals surface area contributed by atoms with Gasteiger partial charge in [-0.25, -0.2) is 9.78 Å². The highest BCUT2D eigenvalue weighted by Crippen LogP contribution is 2.11. The van der Waals surface area contributed by atoms with Gasteiger partial charge in [-0.3, -0.25) is 9.59 Å². The van der Waals surface area contributed by atoms with Crippen molar-refractivity contribution in [2.24, 2.45) is 7.05 Å². The Kier molecular flexibility index (Phi) is 4.71. The van der Waals surface area contributed by atoms with Crippen LogP contribution >= 0.6 is 11.3 Å². The maximum atomic E-state index is 12.1. The highest BCUT2D eigenvalue weighted by molar-refractivity contribution is 7.09. The lowest BCUT2D eigenvalue weighted by atomic mass is 10.2. The molecule has 0 spiro atoms. The van der Waals surface area contributed by atoms with E-state index in [-0.39, 0.29) is 17.4 Å². The first-order valence-corrected chi connectivity index (χ1v) is 7.39. The van der Waals surface area contributed by atoms with Gasteiger partial charge in [-0.05, 0) is 13.0 Å². The number of hydrogen-bond donors (Lipinski definition) is 2. The van der Waals surface area contributed by atoms with E-state index >= 15 is 0 Å². The smallest absolute Gasteiger partial charge is 0.355 e. The van der Waals surface area contributed by atoms with Crippen molar-refractivity contribution in [1.29, 1.82) is 0 Å². The van der Waals surface area contributed by atoms with Crippen LogP contribution in [0.4, 0.5) is 0 Å². The average molecular weight is 321 g/mol. The number of rotatable bonds is 6. The number of carboxylic acid groups (broad SMARTS) is 1. The molecular formula is C14H15N3O4S. The van der Waals surface area contributed by atoms with Gasteiger partial charge in [-0.1, -0.05) is 0 Å². The summed E-state index contributed by atoms with van der Waals surface area (Å²) >= 11 is 1.24. The molecule has 0 saturated carbocycles. The maximum absolute atomic E-state index is 12.1. The van der Waals surface area contributed by atoms with Crippen LogP contribution < -0.4 is 5.32 Å². The number of carboxylic acids is 1. The molecule has 2 aromatic heterocycles. The molecule has 0 radical (unpaired) electrons. The molecule has 0 aromatic carbocycles. The van der Waals surface area contributed by atoms with Gasteiger partial charge in [0, 0.05) is 37.2 Å². The van der Waals surface area contributed by atoms with Crippen LogP contribution in [-0.4, -0.2) is 38.9 Å². The Labute approximate surface area is 130 Å². The number of amides is 1. The predicted molar refractivity (Wildman–Crippen MR) is 80.5 cm³/mol. The van der Waals surface area contributed by atoms with Gasteiger partial charge in [0.1, 0.15) is 5.69 Å². The number of Topliss-reactive ketones (excluding diaryl/α,β-unsaturated/α-hetero) is 1. The number of hydrogen-bond acceptors (Lipinski definition) is 5. The number of thiazole rings is 1. The third-order valence-electron chi connectivity index (χ3n) is 3.04. The SMILES string of the molecule is CC(=O)c1cc(C(=O)NCCc2nc(C(=O)O)cs2)n(C)c1. The lowest BCUT2D eigenvalue weighted by molar-refractivity contribution is 0.0690. The monoisotopic (exact) mass is 321 g/mol. The van der Waals surface area contributed by atoms with E-state index in [0.29, 0.717) is 29.2 Å². The second kappa shape index (κ2) is 6.52. The molecule has 8 heteroatoms. The summed E-state index contributed by atoms with van der Waals surface area (Å²) in [6.45, 7) is 1.78. The minimum absolute atomic E-state index is 0.0138. The summed E-state index contributed by atoms with van der Waals surface area (Å²) in [5.41, 5.74) is 0.897. The van der Waals surface area contributed by atoms with Crippen LogP contribution in [0.15, 0.2) is 17.6 Å². The van der Waals surface area contributed by atoms with Gasteiger partial charge < -0.3 is 15.0 Å². The Morgan fingerprint density at radius 3 is 2.68 bits per heavy atom. The molecule has 116 valence electrons. The van der Waals surface area contributed by atoms with E-state index in [1.165, 1.54) is 23.6 Å². The minimum Gasteiger partial charge on any atom is -0.476 e. The summed E-state index contributed by atoms with van der Waals surface area (Å²) in [5.74, 6) is -1.45. The molecule has 1 amide bonds. The van der Waals surface area contributed by atoms with Crippen molar-refractivity contribution in [3.8, 4) is 0 Å². The Morgan fingerprint density at radius 2 is 2.14 bits per heavy atom. The fourth-order valence-electron chi connectivity index (χ4n) is 1.88. The molecule has 0 fully saturated rings. The van der Waals surface area contributed by atoms with E-state index in [1.807, 2.05) is 0 Å². The van der Waals surface area contributed by atoms with Crippen LogP contribution in [0.5, 0.6) is 0 Å². The number of nitrogens with zero attached hydrogens (tertiary/aromatic N) is 2. The summed E-state index contributed by atoms with van der Waals surface area (Å²) in [4.78, 5) is 38.0. The lowest BCUT2D eigenvalue weighted by Gasteiger charge is -2.04. The van der Waals surface area contributed by atoms with Gasteiger partial charge in [-0.15, -0.1) is 11.3 Å². The number of nitrogens with one attached hydrogen (secondary N) is 1. The molecule has 0 atom stereocenters. The Hall–Kier alpha value is -2.48. The third-order valence-corrected chi connectivity index (χ3v) is 3.95. The van der Waals surface area contributed by atoms with Crippen molar-refractivity contribution < 1.29 is 19.5 Å². The third kappa shape index (κ3) is 3.59. The molecule has 22 heavy (non-hydrogen) atoms. The van der Waals surface area contributed by atoms with Gasteiger partial charge in [0.25, 0.3) is 5.91 Å². The van der Waals surface area contributed by atoms with Crippen LogP contribution in [0, 0.1) is 0 Å². The summed E-state index contributed by atoms with van der Waals surface area (Å²) in [7, 11) is 1.70. The first-order valence-electron chi connectivity index (χ1n) is 6.51. The van der Waals surface area contributed by atoms with E-state index in [1.54, 1.807) is 23.9 Å². The number of carbonyl (C=O) groups is 3. The van der Waals surface area contributed by atoms with Crippen molar-refractivity contribution in [3.05, 3.63) is 39.6 Å². The molecule has 7 nitrogen and oxygen atoms in total. The highest BCUT2D eigenvalue weighted by atomic mass is 32.1. The van der Waals surface area contributed by atoms with Crippen molar-refractivity contribution >= 4 is 29.0 Å². The number of carbonyl (C=O) groups excluding carboxylic acids is 2. The van der Waals surface area contributed by atoms with E-state index < -0.39 is 5.97 Å². The maximum Gasteiger partial charge on any atom is 0.355 e. The van der Waals surface area contributed by atoms with Gasteiger partial charge in [0.15, 0.2) is 11.5 Å². The number of aryl methyl sites for hydroxylation is 1. The molecule has 2 N–H and O–H groups in total. The molecule has 2 heterocycles. The average Bonchev–Trinajstić information content (AvgIpc) is 3.05. The van der Waals surface area contributed by atoms with E-state index in [9.17, 15) is 14.4 Å². The number of ketones is 1. The van der Waals surface area contributed by atoms with Crippen LogP contribution in [0.25, 0.3) is 0 Å². The van der Waals surface area contributed by atoms with Gasteiger partial charge in [0.05, 0.1) is 5.01 Å². The fourth-order valence-corrected chi connectivity index (χ4v) is 2.65. The molecular weight excluding hydrogens is 306 g/mol. The van der Waals surface area contributed by atoms with Crippen LogP contribution in [0.3, 0.4) is 0 Å². The zero-order chi connectivity index (χ0) is 16.3. The van der Waals surface area contributed by atoms with E-state index in [2.05, 4.69) is 10.3 Å². The van der Waals surface area contributed by atoms with Crippen molar-refractivity contribution in [2.75, 3.05) is 6.54 Å². The van der Waals surface area contributed by atoms with E-state index in [4.69, 9.17) is 5.11 Å². The zero-order valence-electron chi connectivity index (χ0n) is 12.1. The molecule has 0 aliphatic rings. The first kappa shape index (κ1) is 15.9. The second-order valence-electron chi connectivity index (χ2n) is 4.72. The zero-order valence-corrected chi connectivity index (χ0v) is 12.9. The summed E-state index contributed by atoms with van der Waals surface area (Å²) in [6.07, 6.45) is 2.06. The summed E-state index contributed by atoms with van der Waals surface area (Å²) in [5, 5.41) is 13.6. The molecule has 0 bridgehead atoms. The highest BCUT2D eigenvalue weighted by Gasteiger charge is 2.14. The molecule has 2 aromatic rings. The van der Waals surface area contributed by atoms with Crippen LogP contribution in [0.2, 0.25) is 0 Å². The Balaban J connectivity index is 1.92. The van der Waals surface area contributed by atoms with Gasteiger partial charge in [0.2, 0.25) is 0 Å². The predicted octanol–water partition coefficient (Wildman–Crippen LogP) is 1.35. The van der Waals surface area contributed by atoms with Gasteiger partial charge >= 0.3 is 5.97 Å². The normalized spacial score (nSPS) is 10.5. The Bertz CT molecular complexity index is 732. The fraction of sp³-hybridized carbons (Fsp3) is 0.286. The minimum atomic E-state index is -1.06. The van der Waals surface area contributed by atoms with Crippen molar-refractivity contribution in [1.82, 2.24) is 14.9 Å². The molecule has 0 aliphatic carbocycles. The van der Waals surface area contributed by atoms with Crippen molar-refractivity contribution in [3.63, 3.8) is 0 Å². The number of aromatic nitrogens is 2. The summed E-state index contributed by atoms with van der Waals surface area (Å²) in [6, 6.07) is 1.55. The van der Waals surface area contributed by atoms with Crippen LogP contribution in [0.1, 0.15) is 43.3 Å². The second-order valence-corrected chi connectivity index (χ2v) is 5.66. The van der Waals surface area contributed by atoms with E-state index in [0.717, 1.165) is 0 Å².